The predicted octanol–water partition coefficient (Wildman–Crippen LogP) is 2.75. The third kappa shape index (κ3) is 2.43. The molecule has 2 aromatic rings. The molecule has 18 heavy (non-hydrogen) atoms. The number of rotatable bonds is 3. The maximum absolute atomic E-state index is 13.0. The number of carboxylic acids is 1. The lowest BCUT2D eigenvalue weighted by atomic mass is 10.0. The summed E-state index contributed by atoms with van der Waals surface area (Å²) in [6.07, 6.45) is 0. The smallest absolute Gasteiger partial charge is 0.335 e. The Balaban J connectivity index is 2.32. The second-order valence-electron chi connectivity index (χ2n) is 3.72. The lowest BCUT2D eigenvalue weighted by molar-refractivity contribution is 0.0696. The van der Waals surface area contributed by atoms with Crippen LogP contribution in [0.2, 0.25) is 0 Å². The number of hydrogen-bond donors (Lipinski definition) is 1. The summed E-state index contributed by atoms with van der Waals surface area (Å²) in [5.41, 5.74) is 0.662. The number of carbonyl (C=O) groups excluding carboxylic acids is 1. The van der Waals surface area contributed by atoms with Gasteiger partial charge in [0.05, 0.1) is 5.56 Å². The SMILES string of the molecule is O=C(O)c1ccc(C(=O)c2cccc(F)c2)cc1. The van der Waals surface area contributed by atoms with E-state index in [1.807, 2.05) is 0 Å². The van der Waals surface area contributed by atoms with Crippen LogP contribution in [0.3, 0.4) is 0 Å². The highest BCUT2D eigenvalue weighted by molar-refractivity contribution is 6.09. The highest BCUT2D eigenvalue weighted by atomic mass is 19.1. The molecule has 0 radical (unpaired) electrons. The van der Waals surface area contributed by atoms with E-state index in [-0.39, 0.29) is 16.9 Å². The van der Waals surface area contributed by atoms with Crippen molar-refractivity contribution in [1.82, 2.24) is 0 Å². The van der Waals surface area contributed by atoms with Gasteiger partial charge in [-0.05, 0) is 24.3 Å². The third-order valence-electron chi connectivity index (χ3n) is 2.48. The zero-order valence-corrected chi connectivity index (χ0v) is 9.26. The van der Waals surface area contributed by atoms with Crippen LogP contribution in [-0.4, -0.2) is 16.9 Å². The van der Waals surface area contributed by atoms with E-state index >= 15 is 0 Å². The number of benzene rings is 2. The minimum absolute atomic E-state index is 0.103. The highest BCUT2D eigenvalue weighted by Crippen LogP contribution is 2.12. The number of ketones is 1. The average Bonchev–Trinajstić information content (AvgIpc) is 2.38. The van der Waals surface area contributed by atoms with Gasteiger partial charge in [0.1, 0.15) is 5.82 Å². The van der Waals surface area contributed by atoms with Gasteiger partial charge in [-0.15, -0.1) is 0 Å². The van der Waals surface area contributed by atoms with Crippen LogP contribution < -0.4 is 0 Å². The van der Waals surface area contributed by atoms with E-state index < -0.39 is 11.8 Å². The second kappa shape index (κ2) is 4.79. The molecule has 0 heterocycles. The Labute approximate surface area is 103 Å². The minimum Gasteiger partial charge on any atom is -0.478 e. The van der Waals surface area contributed by atoms with Crippen molar-refractivity contribution in [3.63, 3.8) is 0 Å². The van der Waals surface area contributed by atoms with E-state index in [4.69, 9.17) is 5.11 Å². The lowest BCUT2D eigenvalue weighted by Crippen LogP contribution is -2.03. The zero-order valence-electron chi connectivity index (χ0n) is 9.26. The molecule has 0 aliphatic heterocycles. The molecule has 0 unspecified atom stereocenters. The normalized spacial score (nSPS) is 10.1. The molecule has 0 aliphatic carbocycles. The Morgan fingerprint density at radius 3 is 2.06 bits per heavy atom. The molecule has 0 saturated carbocycles. The van der Waals surface area contributed by atoms with Gasteiger partial charge in [-0.3, -0.25) is 4.79 Å². The fraction of sp³-hybridized carbons (Fsp3) is 0. The maximum Gasteiger partial charge on any atom is 0.335 e. The summed E-state index contributed by atoms with van der Waals surface area (Å²) in [6, 6.07) is 10.9. The fourth-order valence-electron chi connectivity index (χ4n) is 1.56. The summed E-state index contributed by atoms with van der Waals surface area (Å²) in [4.78, 5) is 22.6. The van der Waals surface area contributed by atoms with E-state index in [0.717, 1.165) is 6.07 Å². The molecule has 0 aromatic heterocycles. The Morgan fingerprint density at radius 1 is 0.889 bits per heavy atom. The Bertz CT molecular complexity index is 603. The molecular formula is C14H9FO3. The van der Waals surface area contributed by atoms with Gasteiger partial charge < -0.3 is 5.11 Å². The van der Waals surface area contributed by atoms with Crippen LogP contribution in [0.4, 0.5) is 4.39 Å². The van der Waals surface area contributed by atoms with Crippen molar-refractivity contribution >= 4 is 11.8 Å². The summed E-state index contributed by atoms with van der Waals surface area (Å²) in [6.45, 7) is 0. The highest BCUT2D eigenvalue weighted by Gasteiger charge is 2.10. The van der Waals surface area contributed by atoms with Crippen molar-refractivity contribution in [3.8, 4) is 0 Å². The van der Waals surface area contributed by atoms with E-state index in [1.165, 1.54) is 42.5 Å². The molecule has 4 heteroatoms. The van der Waals surface area contributed by atoms with Gasteiger partial charge >= 0.3 is 5.97 Å². The molecule has 1 N–H and O–H groups in total. The molecule has 3 nitrogen and oxygen atoms in total. The molecule has 0 fully saturated rings. The summed E-state index contributed by atoms with van der Waals surface area (Å²) in [5, 5.41) is 8.73. The first-order valence-electron chi connectivity index (χ1n) is 5.21. The van der Waals surface area contributed by atoms with Gasteiger partial charge in [0.25, 0.3) is 0 Å². The van der Waals surface area contributed by atoms with Crippen LogP contribution in [0.15, 0.2) is 48.5 Å². The first-order valence-corrected chi connectivity index (χ1v) is 5.21. The van der Waals surface area contributed by atoms with Gasteiger partial charge in [0, 0.05) is 11.1 Å². The van der Waals surface area contributed by atoms with E-state index in [9.17, 15) is 14.0 Å². The first-order chi connectivity index (χ1) is 8.58. The third-order valence-corrected chi connectivity index (χ3v) is 2.48. The largest absolute Gasteiger partial charge is 0.478 e. The molecule has 0 aliphatic rings. The fourth-order valence-corrected chi connectivity index (χ4v) is 1.56. The summed E-state index contributed by atoms with van der Waals surface area (Å²) in [5.74, 6) is -1.88. The van der Waals surface area contributed by atoms with E-state index in [2.05, 4.69) is 0 Å². The standard InChI is InChI=1S/C14H9FO3/c15-12-3-1-2-11(8-12)13(16)9-4-6-10(7-5-9)14(17)18/h1-8H,(H,17,18). The Kier molecular flexibility index (Phi) is 3.19. The molecule has 2 aromatic carbocycles. The van der Waals surface area contributed by atoms with Gasteiger partial charge in [-0.25, -0.2) is 9.18 Å². The van der Waals surface area contributed by atoms with Crippen LogP contribution in [0.1, 0.15) is 26.3 Å². The summed E-state index contributed by atoms with van der Waals surface area (Å²) in [7, 11) is 0. The van der Waals surface area contributed by atoms with Crippen molar-refractivity contribution in [2.24, 2.45) is 0 Å². The van der Waals surface area contributed by atoms with Crippen LogP contribution in [0.5, 0.6) is 0 Å². The lowest BCUT2D eigenvalue weighted by Gasteiger charge is -2.02. The topological polar surface area (TPSA) is 54.4 Å². The van der Waals surface area contributed by atoms with E-state index in [0.29, 0.717) is 5.56 Å². The average molecular weight is 244 g/mol. The molecule has 0 saturated heterocycles. The molecule has 0 amide bonds. The number of carboxylic acid groups (broad SMARTS) is 1. The van der Waals surface area contributed by atoms with Crippen LogP contribution in [-0.2, 0) is 0 Å². The maximum atomic E-state index is 13.0. The Morgan fingerprint density at radius 2 is 1.50 bits per heavy atom. The number of aromatic carboxylic acids is 1. The molecule has 2 rings (SSSR count). The van der Waals surface area contributed by atoms with Crippen LogP contribution >= 0.6 is 0 Å². The monoisotopic (exact) mass is 244 g/mol. The van der Waals surface area contributed by atoms with Gasteiger partial charge in [0.15, 0.2) is 5.78 Å². The zero-order chi connectivity index (χ0) is 13.1. The van der Waals surface area contributed by atoms with Gasteiger partial charge in [-0.2, -0.15) is 0 Å². The molecule has 90 valence electrons. The van der Waals surface area contributed by atoms with Crippen molar-refractivity contribution in [3.05, 3.63) is 71.0 Å². The first kappa shape index (κ1) is 12.0. The minimum atomic E-state index is -1.06. The van der Waals surface area contributed by atoms with Crippen LogP contribution in [0.25, 0.3) is 0 Å². The summed E-state index contributed by atoms with van der Waals surface area (Å²) < 4.78 is 13.0. The van der Waals surface area contributed by atoms with E-state index in [1.54, 1.807) is 0 Å². The quantitative estimate of drug-likeness (QED) is 0.844. The van der Waals surface area contributed by atoms with Gasteiger partial charge in [0.2, 0.25) is 0 Å². The summed E-state index contributed by atoms with van der Waals surface area (Å²) >= 11 is 0. The molecular weight excluding hydrogens is 235 g/mol. The molecule has 0 bridgehead atoms. The van der Waals surface area contributed by atoms with Crippen molar-refractivity contribution in [2.45, 2.75) is 0 Å². The van der Waals surface area contributed by atoms with Crippen LogP contribution in [0, 0.1) is 5.82 Å². The molecule has 0 atom stereocenters. The number of hydrogen-bond acceptors (Lipinski definition) is 2. The number of halogens is 1. The second-order valence-corrected chi connectivity index (χ2v) is 3.72. The van der Waals surface area contributed by atoms with Crippen molar-refractivity contribution in [2.75, 3.05) is 0 Å². The molecule has 0 spiro atoms. The number of carbonyl (C=O) groups is 2. The van der Waals surface area contributed by atoms with Crippen molar-refractivity contribution < 1.29 is 19.1 Å². The van der Waals surface area contributed by atoms with Gasteiger partial charge in [-0.1, -0.05) is 24.3 Å². The Hall–Kier alpha value is -2.49. The predicted molar refractivity (Wildman–Crippen MR) is 63.2 cm³/mol. The van der Waals surface area contributed by atoms with Crippen molar-refractivity contribution in [1.29, 1.82) is 0 Å².